The molecule has 2 rings (SSSR count). The first-order chi connectivity index (χ1) is 9.20. The average molecular weight is 340 g/mol. The molecule has 1 saturated heterocycles. The molecule has 1 amide bonds. The van der Waals surface area contributed by atoms with Crippen molar-refractivity contribution < 1.29 is 4.79 Å². The minimum atomic E-state index is 0. The SMILES string of the molecule is CCN1CCCC1CNC(=O)CC1CCCCC1N.Cl.Cl. The van der Waals surface area contributed by atoms with E-state index in [0.717, 1.165) is 25.9 Å². The number of hydrogen-bond donors (Lipinski definition) is 2. The number of halogens is 2. The molecule has 2 aliphatic rings. The second kappa shape index (κ2) is 10.7. The van der Waals surface area contributed by atoms with Gasteiger partial charge in [-0.05, 0) is 44.7 Å². The number of nitrogens with one attached hydrogen (secondary N) is 1. The van der Waals surface area contributed by atoms with Gasteiger partial charge < -0.3 is 11.1 Å². The van der Waals surface area contributed by atoms with Crippen molar-refractivity contribution in [3.8, 4) is 0 Å². The molecule has 0 aromatic heterocycles. The third-order valence-electron chi connectivity index (χ3n) is 4.86. The minimum Gasteiger partial charge on any atom is -0.355 e. The molecule has 0 aromatic carbocycles. The highest BCUT2D eigenvalue weighted by atomic mass is 35.5. The van der Waals surface area contributed by atoms with Crippen molar-refractivity contribution in [2.45, 2.75) is 64.0 Å². The van der Waals surface area contributed by atoms with E-state index in [1.54, 1.807) is 0 Å². The Bertz CT molecular complexity index is 305. The highest BCUT2D eigenvalue weighted by Gasteiger charge is 2.26. The van der Waals surface area contributed by atoms with Gasteiger partial charge in [-0.3, -0.25) is 9.69 Å². The number of rotatable bonds is 5. The standard InChI is InChI=1S/C15H29N3O.2ClH/c1-2-18-9-5-7-13(18)11-17-15(19)10-12-6-3-4-8-14(12)16;;/h12-14H,2-11,16H2,1H3,(H,17,19);2*1H. The molecule has 3 atom stereocenters. The van der Waals surface area contributed by atoms with E-state index in [1.165, 1.54) is 32.2 Å². The molecule has 0 spiro atoms. The van der Waals surface area contributed by atoms with Gasteiger partial charge in [-0.25, -0.2) is 0 Å². The molecule has 3 unspecified atom stereocenters. The van der Waals surface area contributed by atoms with Crippen LogP contribution in [0.5, 0.6) is 0 Å². The van der Waals surface area contributed by atoms with Gasteiger partial charge in [-0.15, -0.1) is 24.8 Å². The summed E-state index contributed by atoms with van der Waals surface area (Å²) in [6.07, 6.45) is 7.78. The molecular formula is C15H31Cl2N3O. The third kappa shape index (κ3) is 6.31. The van der Waals surface area contributed by atoms with E-state index < -0.39 is 0 Å². The zero-order valence-corrected chi connectivity index (χ0v) is 14.7. The first kappa shape index (κ1) is 21.0. The topological polar surface area (TPSA) is 58.4 Å². The molecule has 6 heteroatoms. The van der Waals surface area contributed by atoms with Crippen molar-refractivity contribution in [1.82, 2.24) is 10.2 Å². The van der Waals surface area contributed by atoms with E-state index >= 15 is 0 Å². The number of carbonyl (C=O) groups is 1. The van der Waals surface area contributed by atoms with Crippen LogP contribution in [0.1, 0.15) is 51.9 Å². The number of likely N-dealkylation sites (tertiary alicyclic amines) is 1. The molecule has 3 N–H and O–H groups in total. The van der Waals surface area contributed by atoms with Crippen molar-refractivity contribution in [2.75, 3.05) is 19.6 Å². The summed E-state index contributed by atoms with van der Waals surface area (Å²) >= 11 is 0. The Morgan fingerprint density at radius 2 is 1.90 bits per heavy atom. The van der Waals surface area contributed by atoms with Gasteiger partial charge in [0.2, 0.25) is 5.91 Å². The van der Waals surface area contributed by atoms with E-state index in [0.29, 0.717) is 18.4 Å². The fraction of sp³-hybridized carbons (Fsp3) is 0.933. The number of likely N-dealkylation sites (N-methyl/N-ethyl adjacent to an activating group) is 1. The zero-order valence-electron chi connectivity index (χ0n) is 13.1. The molecule has 2 fully saturated rings. The number of carbonyl (C=O) groups excluding carboxylic acids is 1. The summed E-state index contributed by atoms with van der Waals surface area (Å²) in [5, 5.41) is 3.12. The molecule has 1 saturated carbocycles. The Morgan fingerprint density at radius 3 is 2.57 bits per heavy atom. The average Bonchev–Trinajstić information content (AvgIpc) is 2.86. The van der Waals surface area contributed by atoms with E-state index in [1.807, 2.05) is 0 Å². The molecule has 1 aliphatic heterocycles. The Balaban J connectivity index is 0.00000200. The van der Waals surface area contributed by atoms with Gasteiger partial charge in [0.1, 0.15) is 0 Å². The molecule has 0 radical (unpaired) electrons. The van der Waals surface area contributed by atoms with Crippen LogP contribution in [0.3, 0.4) is 0 Å². The summed E-state index contributed by atoms with van der Waals surface area (Å²) in [7, 11) is 0. The molecule has 21 heavy (non-hydrogen) atoms. The summed E-state index contributed by atoms with van der Waals surface area (Å²) in [5.74, 6) is 0.602. The van der Waals surface area contributed by atoms with Crippen LogP contribution >= 0.6 is 24.8 Å². The predicted octanol–water partition coefficient (Wildman–Crippen LogP) is 2.34. The van der Waals surface area contributed by atoms with Gasteiger partial charge in [0.25, 0.3) is 0 Å². The molecule has 1 aliphatic carbocycles. The molecular weight excluding hydrogens is 309 g/mol. The van der Waals surface area contributed by atoms with Crippen molar-refractivity contribution in [3.05, 3.63) is 0 Å². The smallest absolute Gasteiger partial charge is 0.220 e. The Hall–Kier alpha value is -0.0300. The highest BCUT2D eigenvalue weighted by molar-refractivity contribution is 5.85. The van der Waals surface area contributed by atoms with Gasteiger partial charge >= 0.3 is 0 Å². The summed E-state index contributed by atoms with van der Waals surface area (Å²) in [4.78, 5) is 14.5. The molecule has 0 aromatic rings. The maximum atomic E-state index is 12.0. The fourth-order valence-electron chi connectivity index (χ4n) is 3.57. The summed E-state index contributed by atoms with van der Waals surface area (Å²) in [6, 6.07) is 0.784. The number of amides is 1. The van der Waals surface area contributed by atoms with Crippen LogP contribution in [0.25, 0.3) is 0 Å². The van der Waals surface area contributed by atoms with Crippen LogP contribution in [0.4, 0.5) is 0 Å². The van der Waals surface area contributed by atoms with Crippen molar-refractivity contribution in [2.24, 2.45) is 11.7 Å². The van der Waals surface area contributed by atoms with Crippen LogP contribution in [-0.4, -0.2) is 42.5 Å². The largest absolute Gasteiger partial charge is 0.355 e. The normalized spacial score (nSPS) is 29.3. The highest BCUT2D eigenvalue weighted by Crippen LogP contribution is 2.25. The van der Waals surface area contributed by atoms with Crippen LogP contribution in [0.2, 0.25) is 0 Å². The lowest BCUT2D eigenvalue weighted by atomic mass is 9.83. The van der Waals surface area contributed by atoms with E-state index in [9.17, 15) is 4.79 Å². The van der Waals surface area contributed by atoms with Crippen LogP contribution in [0, 0.1) is 5.92 Å². The van der Waals surface area contributed by atoms with Crippen molar-refractivity contribution in [3.63, 3.8) is 0 Å². The summed E-state index contributed by atoms with van der Waals surface area (Å²) < 4.78 is 0. The molecule has 0 bridgehead atoms. The lowest BCUT2D eigenvalue weighted by Crippen LogP contribution is -2.42. The minimum absolute atomic E-state index is 0. The monoisotopic (exact) mass is 339 g/mol. The first-order valence-electron chi connectivity index (χ1n) is 7.97. The van der Waals surface area contributed by atoms with Gasteiger partial charge in [0, 0.05) is 25.0 Å². The van der Waals surface area contributed by atoms with Gasteiger partial charge in [-0.2, -0.15) is 0 Å². The van der Waals surface area contributed by atoms with Gasteiger partial charge in [0.15, 0.2) is 0 Å². The number of hydrogen-bond acceptors (Lipinski definition) is 3. The zero-order chi connectivity index (χ0) is 13.7. The van der Waals surface area contributed by atoms with E-state index in [2.05, 4.69) is 17.1 Å². The van der Waals surface area contributed by atoms with Crippen molar-refractivity contribution >= 4 is 30.7 Å². The van der Waals surface area contributed by atoms with Crippen LogP contribution < -0.4 is 11.1 Å². The Kier molecular flexibility index (Phi) is 10.6. The quantitative estimate of drug-likeness (QED) is 0.808. The fourth-order valence-corrected chi connectivity index (χ4v) is 3.57. The third-order valence-corrected chi connectivity index (χ3v) is 4.86. The second-order valence-electron chi connectivity index (χ2n) is 6.14. The van der Waals surface area contributed by atoms with Crippen LogP contribution in [0.15, 0.2) is 0 Å². The lowest BCUT2D eigenvalue weighted by molar-refractivity contribution is -0.122. The van der Waals surface area contributed by atoms with E-state index in [4.69, 9.17) is 5.73 Å². The maximum Gasteiger partial charge on any atom is 0.220 e. The Morgan fingerprint density at radius 1 is 1.19 bits per heavy atom. The number of nitrogens with zero attached hydrogens (tertiary/aromatic N) is 1. The van der Waals surface area contributed by atoms with Gasteiger partial charge in [0.05, 0.1) is 0 Å². The maximum absolute atomic E-state index is 12.0. The summed E-state index contributed by atoms with van der Waals surface area (Å²) in [6.45, 7) is 5.29. The first-order valence-corrected chi connectivity index (χ1v) is 7.97. The second-order valence-corrected chi connectivity index (χ2v) is 6.14. The number of nitrogens with two attached hydrogens (primary N) is 1. The summed E-state index contributed by atoms with van der Waals surface area (Å²) in [5.41, 5.74) is 6.10. The lowest BCUT2D eigenvalue weighted by Gasteiger charge is -2.28. The molecule has 4 nitrogen and oxygen atoms in total. The van der Waals surface area contributed by atoms with Gasteiger partial charge in [-0.1, -0.05) is 19.8 Å². The van der Waals surface area contributed by atoms with Crippen LogP contribution in [-0.2, 0) is 4.79 Å². The molecule has 126 valence electrons. The van der Waals surface area contributed by atoms with E-state index in [-0.39, 0.29) is 36.8 Å². The van der Waals surface area contributed by atoms with Crippen molar-refractivity contribution in [1.29, 1.82) is 0 Å². The Labute approximate surface area is 141 Å². The predicted molar refractivity (Wildman–Crippen MR) is 92.3 cm³/mol. The molecule has 1 heterocycles.